The summed E-state index contributed by atoms with van der Waals surface area (Å²) in [4.78, 5) is 3.92. The molecule has 1 fully saturated rings. The van der Waals surface area contributed by atoms with Crippen molar-refractivity contribution in [3.05, 3.63) is 30.2 Å². The van der Waals surface area contributed by atoms with Crippen molar-refractivity contribution in [1.29, 1.82) is 0 Å². The van der Waals surface area contributed by atoms with Crippen LogP contribution in [-0.2, 0) is 10.0 Å². The van der Waals surface area contributed by atoms with Crippen molar-refractivity contribution in [2.24, 2.45) is 5.73 Å². The zero-order chi connectivity index (χ0) is 16.2. The molecule has 9 heteroatoms. The SMILES string of the molecule is NC/C(=C\F)COc1ccc(S(=O)(=O)N2CCC(O)C2)cn1. The Balaban J connectivity index is 2.05. The molecule has 3 N–H and O–H groups in total. The van der Waals surface area contributed by atoms with Crippen LogP contribution in [0.15, 0.2) is 35.1 Å². The molecule has 122 valence electrons. The van der Waals surface area contributed by atoms with Crippen LogP contribution in [0.1, 0.15) is 6.42 Å². The number of halogens is 1. The van der Waals surface area contributed by atoms with E-state index in [0.29, 0.717) is 12.8 Å². The molecule has 1 aliphatic heterocycles. The van der Waals surface area contributed by atoms with E-state index in [0.717, 1.165) is 0 Å². The highest BCUT2D eigenvalue weighted by Gasteiger charge is 2.31. The number of aromatic nitrogens is 1. The smallest absolute Gasteiger partial charge is 0.244 e. The van der Waals surface area contributed by atoms with Crippen LogP contribution in [0, 0.1) is 0 Å². The van der Waals surface area contributed by atoms with Gasteiger partial charge in [-0.25, -0.2) is 17.8 Å². The van der Waals surface area contributed by atoms with E-state index in [9.17, 15) is 17.9 Å². The second-order valence-electron chi connectivity index (χ2n) is 4.90. The largest absolute Gasteiger partial charge is 0.473 e. The van der Waals surface area contributed by atoms with Crippen LogP contribution in [0.5, 0.6) is 5.88 Å². The van der Waals surface area contributed by atoms with Gasteiger partial charge in [-0.2, -0.15) is 4.31 Å². The van der Waals surface area contributed by atoms with E-state index in [1.54, 1.807) is 0 Å². The van der Waals surface area contributed by atoms with Crippen molar-refractivity contribution in [2.45, 2.75) is 17.4 Å². The van der Waals surface area contributed by atoms with Gasteiger partial charge in [-0.15, -0.1) is 0 Å². The van der Waals surface area contributed by atoms with E-state index in [2.05, 4.69) is 4.98 Å². The Kier molecular flexibility index (Phi) is 5.46. The molecule has 0 aromatic carbocycles. The van der Waals surface area contributed by atoms with Crippen LogP contribution < -0.4 is 10.5 Å². The van der Waals surface area contributed by atoms with Crippen LogP contribution in [0.4, 0.5) is 4.39 Å². The molecule has 0 radical (unpaired) electrons. The Morgan fingerprint density at radius 3 is 2.86 bits per heavy atom. The minimum atomic E-state index is -3.67. The van der Waals surface area contributed by atoms with E-state index in [1.165, 1.54) is 22.6 Å². The Hall–Kier alpha value is -1.55. The van der Waals surface area contributed by atoms with Gasteiger partial charge in [0.25, 0.3) is 0 Å². The summed E-state index contributed by atoms with van der Waals surface area (Å²) in [5, 5.41) is 9.43. The van der Waals surface area contributed by atoms with Gasteiger partial charge in [0.15, 0.2) is 0 Å². The predicted octanol–water partition coefficient (Wildman–Crippen LogP) is 0.0278. The summed E-state index contributed by atoms with van der Waals surface area (Å²) in [6, 6.07) is 2.76. The summed E-state index contributed by atoms with van der Waals surface area (Å²) in [6.07, 6.45) is 1.34. The number of hydrogen-bond acceptors (Lipinski definition) is 6. The molecule has 0 saturated carbocycles. The van der Waals surface area contributed by atoms with Gasteiger partial charge in [-0.1, -0.05) is 0 Å². The Morgan fingerprint density at radius 2 is 2.36 bits per heavy atom. The van der Waals surface area contributed by atoms with Gasteiger partial charge in [-0.3, -0.25) is 0 Å². The first-order valence-corrected chi connectivity index (χ1v) is 8.16. The van der Waals surface area contributed by atoms with E-state index >= 15 is 0 Å². The monoisotopic (exact) mass is 331 g/mol. The van der Waals surface area contributed by atoms with Crippen molar-refractivity contribution in [1.82, 2.24) is 9.29 Å². The lowest BCUT2D eigenvalue weighted by Gasteiger charge is -2.15. The highest BCUT2D eigenvalue weighted by atomic mass is 32.2. The molecule has 0 spiro atoms. The van der Waals surface area contributed by atoms with Gasteiger partial charge in [0.2, 0.25) is 15.9 Å². The lowest BCUT2D eigenvalue weighted by molar-refractivity contribution is 0.189. The maximum absolute atomic E-state index is 12.3. The number of pyridine rings is 1. The average Bonchev–Trinajstić information content (AvgIpc) is 2.96. The zero-order valence-corrected chi connectivity index (χ0v) is 12.7. The molecule has 22 heavy (non-hydrogen) atoms. The molecule has 1 aromatic rings. The number of ether oxygens (including phenoxy) is 1. The molecule has 2 rings (SSSR count). The number of β-amino-alcohol motifs (C(OH)–C–C–N with tert-alkyl or cyclic N) is 1. The molecule has 0 bridgehead atoms. The number of sulfonamides is 1. The molecule has 1 aliphatic rings. The fourth-order valence-corrected chi connectivity index (χ4v) is 3.42. The summed E-state index contributed by atoms with van der Waals surface area (Å²) in [5.41, 5.74) is 5.56. The van der Waals surface area contributed by atoms with Gasteiger partial charge in [0, 0.05) is 31.3 Å². The topological polar surface area (TPSA) is 106 Å². The minimum absolute atomic E-state index is 0.0223. The number of hydrogen-bond donors (Lipinski definition) is 2. The van der Waals surface area contributed by atoms with E-state index in [4.69, 9.17) is 10.5 Å². The lowest BCUT2D eigenvalue weighted by atomic mass is 10.3. The standard InChI is InChI=1S/C13H18FN3O4S/c14-5-10(6-15)9-21-13-2-1-12(7-16-13)22(19,20)17-4-3-11(18)8-17/h1-2,5,7,11,18H,3-4,6,8-9,15H2/b10-5+. The van der Waals surface area contributed by atoms with Gasteiger partial charge >= 0.3 is 0 Å². The number of aliphatic hydroxyl groups is 1. The number of rotatable bonds is 6. The molecular formula is C13H18FN3O4S. The number of nitrogens with two attached hydrogens (primary N) is 1. The summed E-state index contributed by atoms with van der Waals surface area (Å²) < 4.78 is 43.4. The van der Waals surface area contributed by atoms with Crippen molar-refractivity contribution in [3.8, 4) is 5.88 Å². The molecule has 1 unspecified atom stereocenters. The second-order valence-corrected chi connectivity index (χ2v) is 6.84. The van der Waals surface area contributed by atoms with Gasteiger partial charge in [0.05, 0.1) is 18.6 Å². The van der Waals surface area contributed by atoms with Crippen molar-refractivity contribution in [2.75, 3.05) is 26.2 Å². The highest BCUT2D eigenvalue weighted by molar-refractivity contribution is 7.89. The van der Waals surface area contributed by atoms with Gasteiger partial charge < -0.3 is 15.6 Å². The van der Waals surface area contributed by atoms with Gasteiger partial charge in [0.1, 0.15) is 11.5 Å². The minimum Gasteiger partial charge on any atom is -0.473 e. The third kappa shape index (κ3) is 3.80. The first kappa shape index (κ1) is 16.8. The average molecular weight is 331 g/mol. The van der Waals surface area contributed by atoms with Crippen molar-refractivity contribution < 1.29 is 22.7 Å². The Labute approximate surface area is 128 Å². The van der Waals surface area contributed by atoms with E-state index in [1.807, 2.05) is 0 Å². The quantitative estimate of drug-likeness (QED) is 0.762. The molecule has 1 aromatic heterocycles. The van der Waals surface area contributed by atoms with Crippen LogP contribution >= 0.6 is 0 Å². The van der Waals surface area contributed by atoms with Crippen molar-refractivity contribution in [3.63, 3.8) is 0 Å². The predicted molar refractivity (Wildman–Crippen MR) is 77.4 cm³/mol. The first-order chi connectivity index (χ1) is 10.5. The van der Waals surface area contributed by atoms with E-state index < -0.39 is 16.1 Å². The number of nitrogens with zero attached hydrogens (tertiary/aromatic N) is 2. The first-order valence-electron chi connectivity index (χ1n) is 6.72. The normalized spacial score (nSPS) is 20.3. The maximum atomic E-state index is 12.3. The van der Waals surface area contributed by atoms with Crippen LogP contribution in [-0.4, -0.2) is 55.2 Å². The Bertz CT molecular complexity index is 633. The summed E-state index contributed by atoms with van der Waals surface area (Å²) in [6.45, 7) is 0.343. The zero-order valence-electron chi connectivity index (χ0n) is 11.9. The molecular weight excluding hydrogens is 313 g/mol. The highest BCUT2D eigenvalue weighted by Crippen LogP contribution is 2.21. The molecule has 1 saturated heterocycles. The summed E-state index contributed by atoms with van der Waals surface area (Å²) in [7, 11) is -3.67. The third-order valence-electron chi connectivity index (χ3n) is 3.30. The summed E-state index contributed by atoms with van der Waals surface area (Å²) >= 11 is 0. The third-order valence-corrected chi connectivity index (χ3v) is 5.14. The maximum Gasteiger partial charge on any atom is 0.244 e. The van der Waals surface area contributed by atoms with Crippen LogP contribution in [0.3, 0.4) is 0 Å². The van der Waals surface area contributed by atoms with Gasteiger partial charge in [-0.05, 0) is 12.5 Å². The fourth-order valence-electron chi connectivity index (χ4n) is 1.98. The summed E-state index contributed by atoms with van der Waals surface area (Å²) in [5.74, 6) is 0.174. The molecule has 0 amide bonds. The lowest BCUT2D eigenvalue weighted by Crippen LogP contribution is -2.29. The Morgan fingerprint density at radius 1 is 1.59 bits per heavy atom. The van der Waals surface area contributed by atoms with Crippen molar-refractivity contribution >= 4 is 10.0 Å². The van der Waals surface area contributed by atoms with Crippen LogP contribution in [0.2, 0.25) is 0 Å². The van der Waals surface area contributed by atoms with E-state index in [-0.39, 0.29) is 42.6 Å². The fraction of sp³-hybridized carbons (Fsp3) is 0.462. The van der Waals surface area contributed by atoms with Crippen LogP contribution in [0.25, 0.3) is 0 Å². The molecule has 1 atom stereocenters. The second kappa shape index (κ2) is 7.14. The molecule has 2 heterocycles. The number of aliphatic hydroxyl groups excluding tert-OH is 1. The molecule has 7 nitrogen and oxygen atoms in total. The molecule has 0 aliphatic carbocycles.